The van der Waals surface area contributed by atoms with E-state index in [0.717, 1.165) is 0 Å². The molecular formula is C27H35N3O6. The maximum Gasteiger partial charge on any atom is 0.257 e. The molecule has 0 saturated heterocycles. The summed E-state index contributed by atoms with van der Waals surface area (Å²) in [6.07, 6.45) is -0.280. The zero-order chi connectivity index (χ0) is 26.2. The van der Waals surface area contributed by atoms with Crippen LogP contribution in [-0.2, 0) is 14.3 Å². The number of hydrogen-bond acceptors (Lipinski definition) is 6. The van der Waals surface area contributed by atoms with Gasteiger partial charge in [-0.25, -0.2) is 0 Å². The molecule has 1 N–H and O–H groups in total. The fraction of sp³-hybridized carbons (Fsp3) is 0.444. The van der Waals surface area contributed by atoms with Crippen molar-refractivity contribution in [2.24, 2.45) is 5.92 Å². The van der Waals surface area contributed by atoms with Crippen LogP contribution in [0.1, 0.15) is 34.6 Å². The lowest BCUT2D eigenvalue weighted by atomic mass is 10.0. The Bertz CT molecular complexity index is 1060. The van der Waals surface area contributed by atoms with Gasteiger partial charge in [0.15, 0.2) is 0 Å². The molecule has 0 bridgehead atoms. The van der Waals surface area contributed by atoms with Crippen LogP contribution in [0.2, 0.25) is 0 Å². The normalized spacial score (nSPS) is 21.0. The third-order valence-corrected chi connectivity index (χ3v) is 6.33. The molecule has 2 aromatic rings. The number of nitrogens with one attached hydrogen (secondary N) is 1. The van der Waals surface area contributed by atoms with Gasteiger partial charge < -0.3 is 29.3 Å². The van der Waals surface area contributed by atoms with Crippen molar-refractivity contribution in [2.75, 3.05) is 52.9 Å². The molecule has 1 heterocycles. The van der Waals surface area contributed by atoms with E-state index in [4.69, 9.17) is 14.2 Å². The largest absolute Gasteiger partial charge is 0.491 e. The molecule has 1 aliphatic heterocycles. The Balaban J connectivity index is 1.94. The summed E-state index contributed by atoms with van der Waals surface area (Å²) in [6, 6.07) is 13.5. The molecule has 36 heavy (non-hydrogen) atoms. The minimum Gasteiger partial charge on any atom is -0.491 e. The number of carbonyl (C=O) groups is 3. The fourth-order valence-electron chi connectivity index (χ4n) is 4.20. The molecule has 1 aliphatic rings. The highest BCUT2D eigenvalue weighted by Gasteiger charge is 2.30. The molecule has 2 aromatic carbocycles. The summed E-state index contributed by atoms with van der Waals surface area (Å²) in [4.78, 5) is 42.1. The van der Waals surface area contributed by atoms with E-state index in [1.54, 1.807) is 66.4 Å². The number of rotatable bonds is 5. The number of anilines is 1. The predicted octanol–water partition coefficient (Wildman–Crippen LogP) is 2.92. The van der Waals surface area contributed by atoms with Crippen LogP contribution in [0, 0.1) is 5.92 Å². The van der Waals surface area contributed by atoms with Crippen molar-refractivity contribution in [2.45, 2.75) is 26.0 Å². The Morgan fingerprint density at radius 2 is 1.81 bits per heavy atom. The van der Waals surface area contributed by atoms with E-state index in [1.807, 2.05) is 19.9 Å². The Labute approximate surface area is 212 Å². The summed E-state index contributed by atoms with van der Waals surface area (Å²) in [7, 11) is 4.80. The van der Waals surface area contributed by atoms with Gasteiger partial charge in [-0.2, -0.15) is 0 Å². The number of nitrogens with zero attached hydrogens (tertiary/aromatic N) is 2. The first kappa shape index (κ1) is 27.2. The van der Waals surface area contributed by atoms with Gasteiger partial charge >= 0.3 is 0 Å². The molecule has 9 heteroatoms. The average molecular weight is 498 g/mol. The second-order valence-corrected chi connectivity index (χ2v) is 9.11. The molecular weight excluding hydrogens is 462 g/mol. The summed E-state index contributed by atoms with van der Waals surface area (Å²) in [5, 5.41) is 2.85. The Morgan fingerprint density at radius 3 is 2.47 bits per heavy atom. The van der Waals surface area contributed by atoms with Gasteiger partial charge in [0, 0.05) is 57.6 Å². The molecule has 9 nitrogen and oxygen atoms in total. The first-order chi connectivity index (χ1) is 17.2. The quantitative estimate of drug-likeness (QED) is 0.682. The highest BCUT2D eigenvalue weighted by atomic mass is 16.5. The van der Waals surface area contributed by atoms with Crippen molar-refractivity contribution in [3.05, 3.63) is 59.7 Å². The van der Waals surface area contributed by atoms with Gasteiger partial charge in [0.2, 0.25) is 5.91 Å². The maximum absolute atomic E-state index is 13.3. The number of hydrogen-bond donors (Lipinski definition) is 1. The predicted molar refractivity (Wildman–Crippen MR) is 136 cm³/mol. The van der Waals surface area contributed by atoms with E-state index in [9.17, 15) is 14.4 Å². The van der Waals surface area contributed by atoms with Crippen LogP contribution in [0.3, 0.4) is 0 Å². The third-order valence-electron chi connectivity index (χ3n) is 6.33. The average Bonchev–Trinajstić information content (AvgIpc) is 2.88. The summed E-state index contributed by atoms with van der Waals surface area (Å²) in [5.74, 6) is -0.357. The Hall–Kier alpha value is -3.43. The van der Waals surface area contributed by atoms with E-state index in [-0.39, 0.29) is 49.0 Å². The lowest BCUT2D eigenvalue weighted by Crippen LogP contribution is -2.49. The molecule has 0 saturated carbocycles. The Kier molecular flexibility index (Phi) is 9.44. The maximum atomic E-state index is 13.3. The van der Waals surface area contributed by atoms with Crippen LogP contribution < -0.4 is 10.1 Å². The molecule has 3 amide bonds. The number of fused-ring (bicyclic) bond motifs is 1. The summed E-state index contributed by atoms with van der Waals surface area (Å²) in [5.41, 5.74) is 1.37. The topological polar surface area (TPSA) is 97.4 Å². The SMILES string of the molecule is COCC(=O)N1C[C@@H](C)[C@H](OC)CN(C)C(=O)c2ccc(NC(=O)c3ccccc3)cc2OC[C@@H]1C. The van der Waals surface area contributed by atoms with Gasteiger partial charge in [0.05, 0.1) is 17.7 Å². The van der Waals surface area contributed by atoms with E-state index in [0.29, 0.717) is 35.7 Å². The third kappa shape index (κ3) is 6.61. The van der Waals surface area contributed by atoms with Gasteiger partial charge in [-0.15, -0.1) is 0 Å². The van der Waals surface area contributed by atoms with Crippen LogP contribution in [-0.4, -0.2) is 87.2 Å². The number of carbonyl (C=O) groups excluding carboxylic acids is 3. The molecule has 0 aliphatic carbocycles. The standard InChI is InChI=1S/C27H35N3O6/c1-18-14-30(25(31)17-34-4)19(2)16-36-23-13-21(28-26(32)20-9-7-6-8-10-20)11-12-22(23)27(33)29(3)15-24(18)35-5/h6-13,18-19,24H,14-17H2,1-5H3,(H,28,32)/t18-,19+,24-/m1/s1. The van der Waals surface area contributed by atoms with Crippen molar-refractivity contribution in [1.29, 1.82) is 0 Å². The van der Waals surface area contributed by atoms with Crippen LogP contribution in [0.15, 0.2) is 48.5 Å². The Morgan fingerprint density at radius 1 is 1.08 bits per heavy atom. The van der Waals surface area contributed by atoms with Crippen molar-refractivity contribution in [3.63, 3.8) is 0 Å². The van der Waals surface area contributed by atoms with Crippen LogP contribution in [0.4, 0.5) is 5.69 Å². The highest BCUT2D eigenvalue weighted by molar-refractivity contribution is 6.05. The van der Waals surface area contributed by atoms with Crippen LogP contribution >= 0.6 is 0 Å². The van der Waals surface area contributed by atoms with Crippen molar-refractivity contribution in [1.82, 2.24) is 9.80 Å². The van der Waals surface area contributed by atoms with Crippen molar-refractivity contribution in [3.8, 4) is 5.75 Å². The van der Waals surface area contributed by atoms with Gasteiger partial charge in [-0.1, -0.05) is 25.1 Å². The lowest BCUT2D eigenvalue weighted by molar-refractivity contribution is -0.139. The number of methoxy groups -OCH3 is 2. The van der Waals surface area contributed by atoms with Gasteiger partial charge in [-0.05, 0) is 31.2 Å². The number of likely N-dealkylation sites (N-methyl/N-ethyl adjacent to an activating group) is 1. The van der Waals surface area contributed by atoms with E-state index < -0.39 is 0 Å². The number of benzene rings is 2. The molecule has 3 rings (SSSR count). The lowest BCUT2D eigenvalue weighted by Gasteiger charge is -2.36. The van der Waals surface area contributed by atoms with E-state index in [2.05, 4.69) is 5.32 Å². The second kappa shape index (κ2) is 12.5. The molecule has 0 fully saturated rings. The molecule has 0 spiro atoms. The first-order valence-electron chi connectivity index (χ1n) is 11.9. The van der Waals surface area contributed by atoms with Crippen molar-refractivity contribution >= 4 is 23.4 Å². The minimum absolute atomic E-state index is 0.0389. The summed E-state index contributed by atoms with van der Waals surface area (Å²) in [6.45, 7) is 4.76. The minimum atomic E-state index is -0.296. The second-order valence-electron chi connectivity index (χ2n) is 9.11. The van der Waals surface area contributed by atoms with Gasteiger partial charge in [0.25, 0.3) is 11.8 Å². The molecule has 0 radical (unpaired) electrons. The molecule has 194 valence electrons. The number of amides is 3. The smallest absolute Gasteiger partial charge is 0.257 e. The zero-order valence-electron chi connectivity index (χ0n) is 21.5. The van der Waals surface area contributed by atoms with Crippen molar-refractivity contribution < 1.29 is 28.6 Å². The molecule has 0 unspecified atom stereocenters. The first-order valence-corrected chi connectivity index (χ1v) is 11.9. The van der Waals surface area contributed by atoms with Gasteiger partial charge in [-0.3, -0.25) is 14.4 Å². The molecule has 0 aromatic heterocycles. The monoisotopic (exact) mass is 497 g/mol. The van der Waals surface area contributed by atoms with Crippen LogP contribution in [0.5, 0.6) is 5.75 Å². The number of ether oxygens (including phenoxy) is 3. The van der Waals surface area contributed by atoms with Gasteiger partial charge in [0.1, 0.15) is 19.0 Å². The van der Waals surface area contributed by atoms with Crippen LogP contribution in [0.25, 0.3) is 0 Å². The zero-order valence-corrected chi connectivity index (χ0v) is 21.5. The van der Waals surface area contributed by atoms with E-state index >= 15 is 0 Å². The summed E-state index contributed by atoms with van der Waals surface area (Å²) < 4.78 is 16.9. The highest BCUT2D eigenvalue weighted by Crippen LogP contribution is 2.27. The molecule has 3 atom stereocenters. The summed E-state index contributed by atoms with van der Waals surface area (Å²) >= 11 is 0. The van der Waals surface area contributed by atoms with E-state index in [1.165, 1.54) is 7.11 Å². The fourth-order valence-corrected chi connectivity index (χ4v) is 4.20.